The predicted octanol–water partition coefficient (Wildman–Crippen LogP) is -1.53. The summed E-state index contributed by atoms with van der Waals surface area (Å²) in [6.45, 7) is 4.96. The first kappa shape index (κ1) is 14.7. The zero-order chi connectivity index (χ0) is 13.9. The van der Waals surface area contributed by atoms with Gasteiger partial charge in [0.1, 0.15) is 0 Å². The Morgan fingerprint density at radius 3 is 2.53 bits per heavy atom. The molecule has 110 valence electrons. The molecule has 19 heavy (non-hydrogen) atoms. The van der Waals surface area contributed by atoms with E-state index >= 15 is 0 Å². The number of ether oxygens (including phenoxy) is 1. The third-order valence-corrected chi connectivity index (χ3v) is 5.49. The zero-order valence-corrected chi connectivity index (χ0v) is 12.0. The minimum absolute atomic E-state index is 0.0758. The zero-order valence-electron chi connectivity index (χ0n) is 11.2. The fourth-order valence-electron chi connectivity index (χ4n) is 2.37. The topological polar surface area (TPSA) is 79.0 Å². The number of nitrogens with one attached hydrogen (secondary N) is 1. The van der Waals surface area contributed by atoms with Gasteiger partial charge in [0.2, 0.25) is 10.0 Å². The van der Waals surface area contributed by atoms with Gasteiger partial charge in [0.05, 0.1) is 19.3 Å². The SMILES string of the molecule is COC(=O)CCS(=O)(=O)N1CC(N2CCNCC2)C1. The summed E-state index contributed by atoms with van der Waals surface area (Å²) in [6, 6.07) is 0.329. The first-order valence-corrected chi connectivity index (χ1v) is 8.13. The van der Waals surface area contributed by atoms with E-state index in [1.165, 1.54) is 11.4 Å². The van der Waals surface area contributed by atoms with Gasteiger partial charge in [-0.25, -0.2) is 8.42 Å². The quantitative estimate of drug-likeness (QED) is 0.619. The summed E-state index contributed by atoms with van der Waals surface area (Å²) in [5.74, 6) is -0.642. The molecule has 0 spiro atoms. The van der Waals surface area contributed by atoms with Crippen molar-refractivity contribution in [3.8, 4) is 0 Å². The van der Waals surface area contributed by atoms with Crippen LogP contribution in [0.15, 0.2) is 0 Å². The maximum atomic E-state index is 11.9. The Kier molecular flexibility index (Phi) is 4.77. The number of methoxy groups -OCH3 is 1. The molecule has 0 amide bonds. The summed E-state index contributed by atoms with van der Waals surface area (Å²) in [6.07, 6.45) is -0.0758. The third-order valence-electron chi connectivity index (χ3n) is 3.68. The Balaban J connectivity index is 1.77. The van der Waals surface area contributed by atoms with Crippen molar-refractivity contribution in [2.24, 2.45) is 0 Å². The van der Waals surface area contributed by atoms with Crippen LogP contribution in [0.25, 0.3) is 0 Å². The number of hydrogen-bond donors (Lipinski definition) is 1. The lowest BCUT2D eigenvalue weighted by molar-refractivity contribution is -0.140. The van der Waals surface area contributed by atoms with Crippen molar-refractivity contribution in [1.82, 2.24) is 14.5 Å². The van der Waals surface area contributed by atoms with Crippen LogP contribution in [0.3, 0.4) is 0 Å². The van der Waals surface area contributed by atoms with Crippen LogP contribution in [0.5, 0.6) is 0 Å². The lowest BCUT2D eigenvalue weighted by Crippen LogP contribution is -2.64. The molecule has 2 fully saturated rings. The molecule has 0 aromatic rings. The van der Waals surface area contributed by atoms with E-state index in [0.29, 0.717) is 19.1 Å². The highest BCUT2D eigenvalue weighted by molar-refractivity contribution is 7.89. The molecule has 2 aliphatic rings. The molecule has 0 atom stereocenters. The number of carbonyl (C=O) groups excluding carboxylic acids is 1. The average Bonchev–Trinajstić information content (AvgIpc) is 2.35. The smallest absolute Gasteiger partial charge is 0.306 e. The largest absolute Gasteiger partial charge is 0.469 e. The first-order chi connectivity index (χ1) is 9.03. The Morgan fingerprint density at radius 1 is 1.32 bits per heavy atom. The second-order valence-electron chi connectivity index (χ2n) is 4.90. The lowest BCUT2D eigenvalue weighted by Gasteiger charge is -2.45. The van der Waals surface area contributed by atoms with E-state index in [0.717, 1.165) is 26.2 Å². The Morgan fingerprint density at radius 2 is 1.95 bits per heavy atom. The molecule has 0 unspecified atom stereocenters. The second-order valence-corrected chi connectivity index (χ2v) is 6.99. The van der Waals surface area contributed by atoms with Crippen LogP contribution in [0.1, 0.15) is 6.42 Å². The molecule has 2 heterocycles. The van der Waals surface area contributed by atoms with Gasteiger partial charge in [0, 0.05) is 45.3 Å². The van der Waals surface area contributed by atoms with E-state index in [1.54, 1.807) is 0 Å². The van der Waals surface area contributed by atoms with Crippen LogP contribution in [-0.2, 0) is 19.6 Å². The third kappa shape index (κ3) is 3.65. The molecule has 2 saturated heterocycles. The van der Waals surface area contributed by atoms with Crippen molar-refractivity contribution in [3.05, 3.63) is 0 Å². The fourth-order valence-corrected chi connectivity index (χ4v) is 3.85. The van der Waals surface area contributed by atoms with Gasteiger partial charge in [0.25, 0.3) is 0 Å². The predicted molar refractivity (Wildman–Crippen MR) is 70.2 cm³/mol. The molecular weight excluding hydrogens is 270 g/mol. The van der Waals surface area contributed by atoms with Gasteiger partial charge in [-0.3, -0.25) is 9.69 Å². The summed E-state index contributed by atoms with van der Waals surface area (Å²) >= 11 is 0. The molecule has 2 rings (SSSR count). The Hall–Kier alpha value is -0.700. The molecule has 0 saturated carbocycles. The van der Waals surface area contributed by atoms with Gasteiger partial charge in [-0.1, -0.05) is 0 Å². The minimum atomic E-state index is -3.31. The van der Waals surface area contributed by atoms with Crippen molar-refractivity contribution in [2.75, 3.05) is 52.1 Å². The molecule has 1 N–H and O–H groups in total. The standard InChI is InChI=1S/C11H21N3O4S/c1-18-11(15)2-7-19(16,17)14-8-10(9-14)13-5-3-12-4-6-13/h10,12H,2-9H2,1H3. The highest BCUT2D eigenvalue weighted by atomic mass is 32.2. The van der Waals surface area contributed by atoms with Gasteiger partial charge in [0.15, 0.2) is 0 Å². The summed E-state index contributed by atoms with van der Waals surface area (Å²) in [7, 11) is -2.05. The van der Waals surface area contributed by atoms with Gasteiger partial charge >= 0.3 is 5.97 Å². The number of sulfonamides is 1. The molecular formula is C11H21N3O4S. The van der Waals surface area contributed by atoms with Crippen LogP contribution < -0.4 is 5.32 Å². The molecule has 0 aliphatic carbocycles. The molecule has 0 aromatic carbocycles. The van der Waals surface area contributed by atoms with E-state index in [4.69, 9.17) is 0 Å². The highest BCUT2D eigenvalue weighted by Crippen LogP contribution is 2.20. The molecule has 8 heteroatoms. The number of carbonyl (C=O) groups is 1. The van der Waals surface area contributed by atoms with Crippen molar-refractivity contribution in [3.63, 3.8) is 0 Å². The van der Waals surface area contributed by atoms with E-state index in [9.17, 15) is 13.2 Å². The van der Waals surface area contributed by atoms with Crippen molar-refractivity contribution >= 4 is 16.0 Å². The van der Waals surface area contributed by atoms with Crippen LogP contribution in [0, 0.1) is 0 Å². The molecule has 7 nitrogen and oxygen atoms in total. The fraction of sp³-hybridized carbons (Fsp3) is 0.909. The van der Waals surface area contributed by atoms with Crippen LogP contribution in [-0.4, -0.2) is 81.8 Å². The molecule has 0 bridgehead atoms. The van der Waals surface area contributed by atoms with Crippen LogP contribution in [0.4, 0.5) is 0 Å². The Labute approximate surface area is 113 Å². The van der Waals surface area contributed by atoms with Crippen molar-refractivity contribution in [1.29, 1.82) is 0 Å². The normalized spacial score (nSPS) is 23.0. The summed E-state index contributed by atoms with van der Waals surface area (Å²) in [4.78, 5) is 13.3. The van der Waals surface area contributed by atoms with Crippen molar-refractivity contribution in [2.45, 2.75) is 12.5 Å². The maximum absolute atomic E-state index is 11.9. The van der Waals surface area contributed by atoms with E-state index < -0.39 is 16.0 Å². The van der Waals surface area contributed by atoms with E-state index in [2.05, 4.69) is 15.0 Å². The molecule has 2 aliphatic heterocycles. The van der Waals surface area contributed by atoms with E-state index in [1.807, 2.05) is 0 Å². The average molecular weight is 291 g/mol. The van der Waals surface area contributed by atoms with E-state index in [-0.39, 0.29) is 12.2 Å². The van der Waals surface area contributed by atoms with Gasteiger partial charge in [-0.05, 0) is 0 Å². The summed E-state index contributed by atoms with van der Waals surface area (Å²) in [5.41, 5.74) is 0. The summed E-state index contributed by atoms with van der Waals surface area (Å²) < 4.78 is 29.8. The van der Waals surface area contributed by atoms with Crippen molar-refractivity contribution < 1.29 is 17.9 Å². The van der Waals surface area contributed by atoms with Gasteiger partial charge in [-0.2, -0.15) is 4.31 Å². The second kappa shape index (κ2) is 6.17. The maximum Gasteiger partial charge on any atom is 0.306 e. The molecule has 0 aromatic heterocycles. The number of piperazine rings is 1. The van der Waals surface area contributed by atoms with Crippen LogP contribution in [0.2, 0.25) is 0 Å². The minimum Gasteiger partial charge on any atom is -0.469 e. The van der Waals surface area contributed by atoms with Crippen LogP contribution >= 0.6 is 0 Å². The lowest BCUT2D eigenvalue weighted by atomic mass is 10.1. The monoisotopic (exact) mass is 291 g/mol. The van der Waals surface area contributed by atoms with Gasteiger partial charge < -0.3 is 10.1 Å². The van der Waals surface area contributed by atoms with Gasteiger partial charge in [-0.15, -0.1) is 0 Å². The number of nitrogens with zero attached hydrogens (tertiary/aromatic N) is 2. The number of esters is 1. The number of rotatable bonds is 5. The number of hydrogen-bond acceptors (Lipinski definition) is 6. The summed E-state index contributed by atoms with van der Waals surface area (Å²) in [5, 5.41) is 3.27. The first-order valence-electron chi connectivity index (χ1n) is 6.52. The Bertz CT molecular complexity index is 414. The highest BCUT2D eigenvalue weighted by Gasteiger charge is 2.38. The molecule has 0 radical (unpaired) electrons.